The monoisotopic (exact) mass is 266 g/mol. The minimum atomic E-state index is -0.410. The standard InChI is InChI=1S/C13H18N2O4/c1-4-18-12(16)9-19-11-7-5-10(6-8-11)14-13(17)15(2)3/h5-8H,4,9H2,1-3H3,(H,14,17). The third-order valence-electron chi connectivity index (χ3n) is 2.17. The summed E-state index contributed by atoms with van der Waals surface area (Å²) in [5.74, 6) is 0.128. The van der Waals surface area contributed by atoms with Crippen LogP contribution in [0.1, 0.15) is 6.92 Å². The Kier molecular flexibility index (Phi) is 5.66. The average Bonchev–Trinajstić information content (AvgIpc) is 2.38. The fourth-order valence-corrected chi connectivity index (χ4v) is 1.21. The number of rotatable bonds is 5. The van der Waals surface area contributed by atoms with Gasteiger partial charge < -0.3 is 19.7 Å². The van der Waals surface area contributed by atoms with E-state index < -0.39 is 5.97 Å². The van der Waals surface area contributed by atoms with E-state index in [1.165, 1.54) is 4.90 Å². The summed E-state index contributed by atoms with van der Waals surface area (Å²) in [6.07, 6.45) is 0. The van der Waals surface area contributed by atoms with E-state index in [0.717, 1.165) is 0 Å². The van der Waals surface area contributed by atoms with E-state index in [0.29, 0.717) is 18.0 Å². The second kappa shape index (κ2) is 7.25. The third kappa shape index (κ3) is 5.29. The average molecular weight is 266 g/mol. The number of hydrogen-bond donors (Lipinski definition) is 1. The van der Waals surface area contributed by atoms with Crippen LogP contribution in [0.3, 0.4) is 0 Å². The molecule has 0 atom stereocenters. The Morgan fingerprint density at radius 2 is 1.84 bits per heavy atom. The number of carbonyl (C=O) groups excluding carboxylic acids is 2. The van der Waals surface area contributed by atoms with Crippen molar-refractivity contribution in [3.05, 3.63) is 24.3 Å². The number of hydrogen-bond acceptors (Lipinski definition) is 4. The fraction of sp³-hybridized carbons (Fsp3) is 0.385. The Hall–Kier alpha value is -2.24. The van der Waals surface area contributed by atoms with E-state index in [1.54, 1.807) is 45.3 Å². The first-order valence-electron chi connectivity index (χ1n) is 5.89. The van der Waals surface area contributed by atoms with Crippen molar-refractivity contribution < 1.29 is 19.1 Å². The van der Waals surface area contributed by atoms with Crippen molar-refractivity contribution in [3.63, 3.8) is 0 Å². The van der Waals surface area contributed by atoms with Gasteiger partial charge in [0.05, 0.1) is 6.61 Å². The first-order valence-corrected chi connectivity index (χ1v) is 5.89. The number of nitrogens with one attached hydrogen (secondary N) is 1. The van der Waals surface area contributed by atoms with Gasteiger partial charge in [-0.3, -0.25) is 0 Å². The summed E-state index contributed by atoms with van der Waals surface area (Å²) in [5, 5.41) is 2.69. The maximum absolute atomic E-state index is 11.4. The summed E-state index contributed by atoms with van der Waals surface area (Å²) < 4.78 is 9.97. The second-order valence-corrected chi connectivity index (χ2v) is 3.94. The van der Waals surface area contributed by atoms with Crippen LogP contribution in [0.15, 0.2) is 24.3 Å². The van der Waals surface area contributed by atoms with Gasteiger partial charge in [0.25, 0.3) is 0 Å². The Morgan fingerprint density at radius 3 is 2.37 bits per heavy atom. The molecule has 6 heteroatoms. The highest BCUT2D eigenvalue weighted by molar-refractivity contribution is 5.88. The van der Waals surface area contributed by atoms with E-state index in [9.17, 15) is 9.59 Å². The zero-order valence-corrected chi connectivity index (χ0v) is 11.3. The molecule has 0 aliphatic heterocycles. The van der Waals surface area contributed by atoms with E-state index in [-0.39, 0.29) is 12.6 Å². The summed E-state index contributed by atoms with van der Waals surface area (Å²) in [4.78, 5) is 23.9. The third-order valence-corrected chi connectivity index (χ3v) is 2.17. The number of nitrogens with zero attached hydrogens (tertiary/aromatic N) is 1. The molecule has 0 radical (unpaired) electrons. The van der Waals surface area contributed by atoms with Crippen LogP contribution in [0.5, 0.6) is 5.75 Å². The molecule has 19 heavy (non-hydrogen) atoms. The Morgan fingerprint density at radius 1 is 1.21 bits per heavy atom. The van der Waals surface area contributed by atoms with Gasteiger partial charge >= 0.3 is 12.0 Å². The minimum absolute atomic E-state index is 0.128. The summed E-state index contributed by atoms with van der Waals surface area (Å²) >= 11 is 0. The van der Waals surface area contributed by atoms with Crippen molar-refractivity contribution in [3.8, 4) is 5.75 Å². The number of urea groups is 1. The van der Waals surface area contributed by atoms with Crippen molar-refractivity contribution in [2.24, 2.45) is 0 Å². The zero-order chi connectivity index (χ0) is 14.3. The normalized spacial score (nSPS) is 9.63. The number of ether oxygens (including phenoxy) is 2. The van der Waals surface area contributed by atoms with E-state index in [4.69, 9.17) is 9.47 Å². The fourth-order valence-electron chi connectivity index (χ4n) is 1.21. The molecule has 0 aromatic heterocycles. The van der Waals surface area contributed by atoms with Crippen LogP contribution in [0.4, 0.5) is 10.5 Å². The smallest absolute Gasteiger partial charge is 0.344 e. The molecular formula is C13H18N2O4. The number of carbonyl (C=O) groups is 2. The molecule has 0 fully saturated rings. The molecule has 1 aromatic rings. The van der Waals surface area contributed by atoms with Gasteiger partial charge in [-0.25, -0.2) is 9.59 Å². The highest BCUT2D eigenvalue weighted by Gasteiger charge is 2.05. The van der Waals surface area contributed by atoms with Crippen LogP contribution in [0.2, 0.25) is 0 Å². The van der Waals surface area contributed by atoms with E-state index in [2.05, 4.69) is 5.32 Å². The van der Waals surface area contributed by atoms with Gasteiger partial charge in [0.2, 0.25) is 0 Å². The molecule has 0 aliphatic rings. The van der Waals surface area contributed by atoms with Gasteiger partial charge in [0.1, 0.15) is 5.75 Å². The van der Waals surface area contributed by atoms with Gasteiger partial charge in [-0.2, -0.15) is 0 Å². The maximum Gasteiger partial charge on any atom is 0.344 e. The highest BCUT2D eigenvalue weighted by Crippen LogP contribution is 2.15. The van der Waals surface area contributed by atoms with Crippen molar-refractivity contribution in [1.29, 1.82) is 0 Å². The SMILES string of the molecule is CCOC(=O)COc1ccc(NC(=O)N(C)C)cc1. The van der Waals surface area contributed by atoms with Gasteiger partial charge in [-0.1, -0.05) is 0 Å². The number of esters is 1. The molecule has 1 rings (SSSR count). The summed E-state index contributed by atoms with van der Waals surface area (Å²) in [7, 11) is 3.32. The summed E-state index contributed by atoms with van der Waals surface area (Å²) in [6, 6.07) is 6.53. The van der Waals surface area contributed by atoms with Crippen molar-refractivity contribution >= 4 is 17.7 Å². The quantitative estimate of drug-likeness (QED) is 0.824. The molecule has 1 N–H and O–H groups in total. The van der Waals surface area contributed by atoms with Crippen LogP contribution in [-0.4, -0.2) is 44.2 Å². The molecule has 6 nitrogen and oxygen atoms in total. The van der Waals surface area contributed by atoms with Crippen LogP contribution in [0.25, 0.3) is 0 Å². The molecule has 0 heterocycles. The molecule has 0 saturated heterocycles. The zero-order valence-electron chi connectivity index (χ0n) is 11.3. The first kappa shape index (κ1) is 14.8. The van der Waals surface area contributed by atoms with Crippen LogP contribution in [-0.2, 0) is 9.53 Å². The van der Waals surface area contributed by atoms with Gasteiger partial charge in [-0.05, 0) is 31.2 Å². The lowest BCUT2D eigenvalue weighted by atomic mass is 10.3. The molecule has 1 aromatic carbocycles. The summed E-state index contributed by atoms with van der Waals surface area (Å²) in [6.45, 7) is 1.94. The van der Waals surface area contributed by atoms with Gasteiger partial charge in [-0.15, -0.1) is 0 Å². The predicted octanol–water partition coefficient (Wildman–Crippen LogP) is 1.72. The molecule has 0 spiro atoms. The second-order valence-electron chi connectivity index (χ2n) is 3.94. The minimum Gasteiger partial charge on any atom is -0.482 e. The van der Waals surface area contributed by atoms with E-state index in [1.807, 2.05) is 0 Å². The van der Waals surface area contributed by atoms with Crippen molar-refractivity contribution in [2.45, 2.75) is 6.92 Å². The lowest BCUT2D eigenvalue weighted by Crippen LogP contribution is -2.27. The van der Waals surface area contributed by atoms with Crippen LogP contribution < -0.4 is 10.1 Å². The first-order chi connectivity index (χ1) is 9.02. The van der Waals surface area contributed by atoms with Crippen molar-refractivity contribution in [2.75, 3.05) is 32.6 Å². The molecule has 2 amide bonds. The molecule has 0 bridgehead atoms. The van der Waals surface area contributed by atoms with Crippen molar-refractivity contribution in [1.82, 2.24) is 4.90 Å². The predicted molar refractivity (Wildman–Crippen MR) is 71.3 cm³/mol. The number of amides is 2. The molecule has 0 saturated carbocycles. The summed E-state index contributed by atoms with van der Waals surface area (Å²) in [5.41, 5.74) is 0.655. The van der Waals surface area contributed by atoms with E-state index >= 15 is 0 Å². The Balaban J connectivity index is 2.47. The Labute approximate surface area is 112 Å². The lowest BCUT2D eigenvalue weighted by Gasteiger charge is -2.12. The van der Waals surface area contributed by atoms with Crippen LogP contribution in [0, 0.1) is 0 Å². The number of benzene rings is 1. The topological polar surface area (TPSA) is 67.9 Å². The maximum atomic E-state index is 11.4. The lowest BCUT2D eigenvalue weighted by molar-refractivity contribution is -0.145. The molecule has 0 unspecified atom stereocenters. The largest absolute Gasteiger partial charge is 0.482 e. The van der Waals surface area contributed by atoms with Crippen LogP contribution >= 0.6 is 0 Å². The molecule has 104 valence electrons. The molecule has 0 aliphatic carbocycles. The van der Waals surface area contributed by atoms with Gasteiger partial charge in [0, 0.05) is 19.8 Å². The highest BCUT2D eigenvalue weighted by atomic mass is 16.6. The molecular weight excluding hydrogens is 248 g/mol. The Bertz CT molecular complexity index is 429. The van der Waals surface area contributed by atoms with Gasteiger partial charge in [0.15, 0.2) is 6.61 Å². The number of anilines is 1.